The highest BCUT2D eigenvalue weighted by molar-refractivity contribution is 5.82. The summed E-state index contributed by atoms with van der Waals surface area (Å²) in [5.74, 6) is 1.08. The Hall–Kier alpha value is -2.67. The molecule has 2 N–H and O–H groups in total. The van der Waals surface area contributed by atoms with Gasteiger partial charge in [0.25, 0.3) is 0 Å². The number of hydrogen-bond donors (Lipinski definition) is 1. The van der Waals surface area contributed by atoms with Crippen LogP contribution in [0.15, 0.2) is 18.2 Å². The van der Waals surface area contributed by atoms with Gasteiger partial charge in [0, 0.05) is 44.3 Å². The van der Waals surface area contributed by atoms with E-state index in [9.17, 15) is 9.18 Å². The summed E-state index contributed by atoms with van der Waals surface area (Å²) in [4.78, 5) is 21.7. The van der Waals surface area contributed by atoms with Crippen LogP contribution < -0.4 is 10.6 Å². The van der Waals surface area contributed by atoms with Gasteiger partial charge in [-0.1, -0.05) is 12.1 Å². The molecule has 1 atom stereocenters. The van der Waals surface area contributed by atoms with Crippen molar-refractivity contribution >= 4 is 17.4 Å². The number of pyridine rings is 1. The summed E-state index contributed by atoms with van der Waals surface area (Å²) in [6.45, 7) is 8.27. The van der Waals surface area contributed by atoms with Gasteiger partial charge in [-0.2, -0.15) is 0 Å². The first kappa shape index (κ1) is 22.5. The summed E-state index contributed by atoms with van der Waals surface area (Å²) in [6.07, 6.45) is 2.58. The number of nitrogen functional groups attached to an aromatic ring is 1. The molecular formula is C25H33FN4O2. The van der Waals surface area contributed by atoms with Crippen LogP contribution in [0.25, 0.3) is 11.1 Å². The van der Waals surface area contributed by atoms with E-state index in [0.717, 1.165) is 41.0 Å². The van der Waals surface area contributed by atoms with E-state index in [1.807, 2.05) is 24.0 Å². The zero-order valence-electron chi connectivity index (χ0n) is 19.4. The number of hydrogen-bond acceptors (Lipinski definition) is 5. The maximum Gasteiger partial charge on any atom is 0.225 e. The molecule has 1 aromatic carbocycles. The number of aromatic nitrogens is 1. The van der Waals surface area contributed by atoms with E-state index in [-0.39, 0.29) is 17.8 Å². The van der Waals surface area contributed by atoms with Gasteiger partial charge in [-0.3, -0.25) is 4.79 Å². The minimum absolute atomic E-state index is 0.0601. The highest BCUT2D eigenvalue weighted by atomic mass is 19.1. The van der Waals surface area contributed by atoms with Gasteiger partial charge in [0.05, 0.1) is 24.4 Å². The maximum absolute atomic E-state index is 14.3. The Morgan fingerprint density at radius 1 is 1.28 bits per heavy atom. The van der Waals surface area contributed by atoms with Crippen LogP contribution in [0, 0.1) is 19.7 Å². The SMILES string of the molecule is COCCC(=O)N1CCN(c2nc(C3CC3)c(-c3ccc(C)c(F)c3)c(C)c2N)C[C@H]1C. The molecule has 7 heteroatoms. The van der Waals surface area contributed by atoms with E-state index in [0.29, 0.717) is 49.8 Å². The molecule has 4 rings (SSSR count). The van der Waals surface area contributed by atoms with E-state index >= 15 is 0 Å². The lowest BCUT2D eigenvalue weighted by Gasteiger charge is -2.41. The van der Waals surface area contributed by atoms with Gasteiger partial charge in [0.2, 0.25) is 5.91 Å². The average Bonchev–Trinajstić information content (AvgIpc) is 3.61. The number of halogens is 1. The van der Waals surface area contributed by atoms with Crippen LogP contribution in [0.4, 0.5) is 15.9 Å². The monoisotopic (exact) mass is 440 g/mol. The zero-order chi connectivity index (χ0) is 23.0. The predicted octanol–water partition coefficient (Wildman–Crippen LogP) is 4.04. The van der Waals surface area contributed by atoms with Crippen LogP contribution in [-0.2, 0) is 9.53 Å². The fourth-order valence-electron chi connectivity index (χ4n) is 4.58. The minimum Gasteiger partial charge on any atom is -0.396 e. The Labute approximate surface area is 189 Å². The van der Waals surface area contributed by atoms with E-state index < -0.39 is 0 Å². The van der Waals surface area contributed by atoms with Crippen LogP contribution >= 0.6 is 0 Å². The number of anilines is 2. The Morgan fingerprint density at radius 3 is 2.66 bits per heavy atom. The summed E-state index contributed by atoms with van der Waals surface area (Å²) in [7, 11) is 1.61. The van der Waals surface area contributed by atoms with Gasteiger partial charge in [-0.25, -0.2) is 9.37 Å². The first-order valence-corrected chi connectivity index (χ1v) is 11.4. The number of amides is 1. The average molecular weight is 441 g/mol. The molecular weight excluding hydrogens is 407 g/mol. The lowest BCUT2D eigenvalue weighted by atomic mass is 9.94. The summed E-state index contributed by atoms with van der Waals surface area (Å²) in [5.41, 5.74) is 11.6. The molecule has 1 saturated heterocycles. The van der Waals surface area contributed by atoms with Crippen LogP contribution in [0.5, 0.6) is 0 Å². The van der Waals surface area contributed by atoms with Crippen LogP contribution in [0.1, 0.15) is 48.9 Å². The van der Waals surface area contributed by atoms with Crippen molar-refractivity contribution in [2.24, 2.45) is 0 Å². The van der Waals surface area contributed by atoms with Crippen molar-refractivity contribution in [2.45, 2.75) is 52.0 Å². The number of piperazine rings is 1. The Morgan fingerprint density at radius 2 is 2.03 bits per heavy atom. The predicted molar refractivity (Wildman–Crippen MR) is 125 cm³/mol. The van der Waals surface area contributed by atoms with E-state index in [1.165, 1.54) is 0 Å². The van der Waals surface area contributed by atoms with Crippen molar-refractivity contribution in [1.82, 2.24) is 9.88 Å². The molecule has 0 unspecified atom stereocenters. The van der Waals surface area contributed by atoms with Crippen molar-refractivity contribution in [3.63, 3.8) is 0 Å². The maximum atomic E-state index is 14.3. The van der Waals surface area contributed by atoms with Gasteiger partial charge in [0.1, 0.15) is 5.82 Å². The van der Waals surface area contributed by atoms with Gasteiger partial charge in [-0.05, 0) is 56.4 Å². The third-order valence-electron chi connectivity index (χ3n) is 6.69. The normalized spacial score (nSPS) is 18.8. The molecule has 6 nitrogen and oxygen atoms in total. The fourth-order valence-corrected chi connectivity index (χ4v) is 4.58. The molecule has 0 bridgehead atoms. The molecule has 32 heavy (non-hydrogen) atoms. The Bertz CT molecular complexity index is 1020. The van der Waals surface area contributed by atoms with Crippen LogP contribution in [0.2, 0.25) is 0 Å². The lowest BCUT2D eigenvalue weighted by Crippen LogP contribution is -2.54. The number of nitrogens with two attached hydrogens (primary N) is 1. The first-order chi connectivity index (χ1) is 15.3. The van der Waals surface area contributed by atoms with Crippen LogP contribution in [0.3, 0.4) is 0 Å². The molecule has 2 aliphatic rings. The zero-order valence-corrected chi connectivity index (χ0v) is 19.4. The number of rotatable bonds is 6. The fraction of sp³-hybridized carbons (Fsp3) is 0.520. The molecule has 2 fully saturated rings. The van der Waals surface area contributed by atoms with Crippen molar-refractivity contribution in [3.05, 3.63) is 40.8 Å². The van der Waals surface area contributed by atoms with E-state index in [1.54, 1.807) is 20.1 Å². The highest BCUT2D eigenvalue weighted by Gasteiger charge is 2.34. The van der Waals surface area contributed by atoms with Gasteiger partial charge in [0.15, 0.2) is 5.82 Å². The third-order valence-corrected chi connectivity index (χ3v) is 6.69. The largest absolute Gasteiger partial charge is 0.396 e. The number of carbonyl (C=O) groups is 1. The van der Waals surface area contributed by atoms with Crippen molar-refractivity contribution in [3.8, 4) is 11.1 Å². The first-order valence-electron chi connectivity index (χ1n) is 11.4. The second kappa shape index (κ2) is 9.06. The molecule has 0 radical (unpaired) electrons. The number of benzene rings is 1. The summed E-state index contributed by atoms with van der Waals surface area (Å²) in [6, 6.07) is 5.42. The summed E-state index contributed by atoms with van der Waals surface area (Å²) >= 11 is 0. The lowest BCUT2D eigenvalue weighted by molar-refractivity contribution is -0.134. The number of ether oxygens (including phenoxy) is 1. The van der Waals surface area contributed by atoms with Crippen molar-refractivity contribution in [2.75, 3.05) is 44.0 Å². The smallest absolute Gasteiger partial charge is 0.225 e. The van der Waals surface area contributed by atoms with E-state index in [2.05, 4.69) is 11.8 Å². The van der Waals surface area contributed by atoms with Gasteiger partial charge < -0.3 is 20.3 Å². The number of aryl methyl sites for hydroxylation is 1. The number of methoxy groups -OCH3 is 1. The summed E-state index contributed by atoms with van der Waals surface area (Å²) in [5, 5.41) is 0. The van der Waals surface area contributed by atoms with Crippen molar-refractivity contribution in [1.29, 1.82) is 0 Å². The molecule has 1 aliphatic heterocycles. The number of carbonyl (C=O) groups excluding carboxylic acids is 1. The van der Waals surface area contributed by atoms with Crippen LogP contribution in [-0.4, -0.2) is 55.2 Å². The quantitative estimate of drug-likeness (QED) is 0.734. The molecule has 172 valence electrons. The molecule has 2 heterocycles. The summed E-state index contributed by atoms with van der Waals surface area (Å²) < 4.78 is 19.4. The topological polar surface area (TPSA) is 71.7 Å². The third kappa shape index (κ3) is 4.31. The molecule has 1 saturated carbocycles. The van der Waals surface area contributed by atoms with Gasteiger partial charge >= 0.3 is 0 Å². The second-order valence-corrected chi connectivity index (χ2v) is 9.10. The standard InChI is InChI=1S/C25H33FN4O2/c1-15-5-6-19(13-20(15)26)22-17(3)23(27)25(28-24(22)18-7-8-18)29-10-11-30(16(2)14-29)21(31)9-12-32-4/h5-6,13,16,18H,7-12,14,27H2,1-4H3/t16-/m1/s1. The van der Waals surface area contributed by atoms with E-state index in [4.69, 9.17) is 15.5 Å². The molecule has 1 amide bonds. The van der Waals surface area contributed by atoms with Crippen molar-refractivity contribution < 1.29 is 13.9 Å². The molecule has 1 aliphatic carbocycles. The highest BCUT2D eigenvalue weighted by Crippen LogP contribution is 2.47. The molecule has 2 aromatic rings. The molecule has 1 aromatic heterocycles. The molecule has 0 spiro atoms. The Balaban J connectivity index is 1.65. The second-order valence-electron chi connectivity index (χ2n) is 9.10. The Kier molecular flexibility index (Phi) is 6.38. The minimum atomic E-state index is -0.214. The number of nitrogens with zero attached hydrogens (tertiary/aromatic N) is 3. The van der Waals surface area contributed by atoms with Gasteiger partial charge in [-0.15, -0.1) is 0 Å².